The number of carbonyl (C=O) groups excluding carboxylic acids is 3. The highest BCUT2D eigenvalue weighted by Gasteiger charge is 2.43. The minimum atomic E-state index is -1.15. The number of imide groups is 1. The van der Waals surface area contributed by atoms with Gasteiger partial charge >= 0.3 is 6.03 Å². The van der Waals surface area contributed by atoms with E-state index in [1.54, 1.807) is 20.8 Å². The monoisotopic (exact) mass is 437 g/mol. The smallest absolute Gasteiger partial charge is 0.322 e. The number of carbonyl (C=O) groups is 3. The van der Waals surface area contributed by atoms with Gasteiger partial charge in [0.25, 0.3) is 5.91 Å². The van der Waals surface area contributed by atoms with Crippen LogP contribution in [0.3, 0.4) is 0 Å². The molecule has 2 aliphatic rings. The summed E-state index contributed by atoms with van der Waals surface area (Å²) in [5, 5.41) is 8.21. The van der Waals surface area contributed by atoms with Crippen molar-refractivity contribution in [2.75, 3.05) is 0 Å². The van der Waals surface area contributed by atoms with E-state index in [1.165, 1.54) is 31.4 Å². The first-order chi connectivity index (χ1) is 14.1. The summed E-state index contributed by atoms with van der Waals surface area (Å²) >= 11 is 6.23. The minimum Gasteiger partial charge on any atom is -0.349 e. The second-order valence-electron chi connectivity index (χ2n) is 8.85. The molecule has 2 fully saturated rings. The number of hydrogen-bond acceptors (Lipinski definition) is 3. The molecule has 6 nitrogen and oxygen atoms in total. The van der Waals surface area contributed by atoms with E-state index in [4.69, 9.17) is 11.6 Å². The zero-order valence-corrected chi connectivity index (χ0v) is 18.4. The maximum Gasteiger partial charge on any atom is 0.322 e. The van der Waals surface area contributed by atoms with Gasteiger partial charge in [0.2, 0.25) is 5.91 Å². The van der Waals surface area contributed by atoms with Crippen molar-refractivity contribution in [1.29, 1.82) is 0 Å². The molecule has 164 valence electrons. The zero-order valence-electron chi connectivity index (χ0n) is 17.6. The number of rotatable bonds is 8. The Kier molecular flexibility index (Phi) is 6.70. The third-order valence-corrected chi connectivity index (χ3v) is 6.84. The predicted octanol–water partition coefficient (Wildman–Crippen LogP) is 4.15. The van der Waals surface area contributed by atoms with Gasteiger partial charge in [0, 0.05) is 16.5 Å². The highest BCUT2D eigenvalue weighted by Crippen LogP contribution is 2.36. The van der Waals surface area contributed by atoms with Crippen LogP contribution in [-0.2, 0) is 9.59 Å². The van der Waals surface area contributed by atoms with Crippen molar-refractivity contribution < 1.29 is 18.8 Å². The van der Waals surface area contributed by atoms with Crippen LogP contribution in [0.5, 0.6) is 0 Å². The van der Waals surface area contributed by atoms with Gasteiger partial charge in [-0.3, -0.25) is 14.9 Å². The number of benzene rings is 1. The summed E-state index contributed by atoms with van der Waals surface area (Å²) in [5.74, 6) is -1.08. The molecule has 1 aliphatic heterocycles. The van der Waals surface area contributed by atoms with E-state index in [0.29, 0.717) is 28.5 Å². The van der Waals surface area contributed by atoms with Crippen LogP contribution in [0.2, 0.25) is 5.02 Å². The van der Waals surface area contributed by atoms with Crippen molar-refractivity contribution in [3.63, 3.8) is 0 Å². The van der Waals surface area contributed by atoms with Gasteiger partial charge in [-0.05, 0) is 56.7 Å². The molecule has 0 unspecified atom stereocenters. The average Bonchev–Trinajstić information content (AvgIpc) is 2.88. The Bertz CT molecular complexity index is 858. The largest absolute Gasteiger partial charge is 0.349 e. The van der Waals surface area contributed by atoms with Gasteiger partial charge in [0.1, 0.15) is 11.4 Å². The van der Waals surface area contributed by atoms with E-state index in [-0.39, 0.29) is 12.3 Å². The maximum absolute atomic E-state index is 14.7. The predicted molar refractivity (Wildman–Crippen MR) is 112 cm³/mol. The van der Waals surface area contributed by atoms with Crippen LogP contribution < -0.4 is 16.0 Å². The molecule has 1 aliphatic carbocycles. The molecule has 30 heavy (non-hydrogen) atoms. The summed E-state index contributed by atoms with van der Waals surface area (Å²) in [7, 11) is 0. The van der Waals surface area contributed by atoms with Gasteiger partial charge in [0.15, 0.2) is 0 Å². The van der Waals surface area contributed by atoms with Crippen LogP contribution in [-0.4, -0.2) is 23.4 Å². The highest BCUT2D eigenvalue weighted by molar-refractivity contribution is 6.31. The molecule has 1 heterocycles. The Morgan fingerprint density at radius 2 is 2.07 bits per heavy atom. The standard InChI is InChI=1S/C22H29ClFN3O3/c1-12(11-22(3)20(29)26-21(30)27-22)19(28)25-17(10-7-14-5-4-6-14)18-13(2)15(23)8-9-16(18)24/h8-9,12,14,17H,4-7,10-11H2,1-3H3,(H,25,28)(H2,26,27,29,30)/t12-,17-,22-/m1/s1. The minimum absolute atomic E-state index is 0.142. The molecule has 3 N–H and O–H groups in total. The van der Waals surface area contributed by atoms with Crippen molar-refractivity contribution >= 4 is 29.4 Å². The van der Waals surface area contributed by atoms with E-state index < -0.39 is 35.3 Å². The van der Waals surface area contributed by atoms with Gasteiger partial charge < -0.3 is 10.6 Å². The quantitative estimate of drug-likeness (QED) is 0.534. The maximum atomic E-state index is 14.7. The molecule has 0 bridgehead atoms. The topological polar surface area (TPSA) is 87.3 Å². The molecule has 1 aromatic rings. The molecule has 8 heteroatoms. The molecule has 1 saturated heterocycles. The first kappa shape index (κ1) is 22.5. The number of nitrogens with one attached hydrogen (secondary N) is 3. The second kappa shape index (κ2) is 8.92. The molecule has 4 amide bonds. The summed E-state index contributed by atoms with van der Waals surface area (Å²) in [6.45, 7) is 5.04. The van der Waals surface area contributed by atoms with Crippen LogP contribution in [0.15, 0.2) is 12.1 Å². The third-order valence-electron chi connectivity index (χ3n) is 6.43. The lowest BCUT2D eigenvalue weighted by atomic mass is 9.80. The molecule has 0 aromatic heterocycles. The lowest BCUT2D eigenvalue weighted by Crippen LogP contribution is -2.47. The lowest BCUT2D eigenvalue weighted by Gasteiger charge is -2.30. The van der Waals surface area contributed by atoms with Crippen molar-refractivity contribution in [2.24, 2.45) is 11.8 Å². The fraction of sp³-hybridized carbons (Fsp3) is 0.591. The van der Waals surface area contributed by atoms with Crippen LogP contribution in [0, 0.1) is 24.6 Å². The van der Waals surface area contributed by atoms with Crippen LogP contribution in [0.25, 0.3) is 0 Å². The van der Waals surface area contributed by atoms with Crippen molar-refractivity contribution in [3.8, 4) is 0 Å². The molecule has 3 rings (SSSR count). The first-order valence-electron chi connectivity index (χ1n) is 10.5. The summed E-state index contributed by atoms with van der Waals surface area (Å²) in [6.07, 6.45) is 5.22. The van der Waals surface area contributed by atoms with E-state index in [9.17, 15) is 18.8 Å². The van der Waals surface area contributed by atoms with Crippen molar-refractivity contribution in [3.05, 3.63) is 34.1 Å². The fourth-order valence-electron chi connectivity index (χ4n) is 4.31. The summed E-state index contributed by atoms with van der Waals surface area (Å²) in [6, 6.07) is 1.78. The third kappa shape index (κ3) is 4.77. The normalized spacial score (nSPS) is 23.4. The molecular weight excluding hydrogens is 409 g/mol. The van der Waals surface area contributed by atoms with Gasteiger partial charge in [-0.15, -0.1) is 0 Å². The highest BCUT2D eigenvalue weighted by atomic mass is 35.5. The molecule has 3 atom stereocenters. The Morgan fingerprint density at radius 3 is 2.63 bits per heavy atom. The average molecular weight is 438 g/mol. The van der Waals surface area contributed by atoms with E-state index in [2.05, 4.69) is 16.0 Å². The van der Waals surface area contributed by atoms with Gasteiger partial charge in [-0.25, -0.2) is 9.18 Å². The number of amides is 4. The van der Waals surface area contributed by atoms with Crippen LogP contribution in [0.1, 0.15) is 69.5 Å². The Hall–Kier alpha value is -2.15. The zero-order chi connectivity index (χ0) is 22.1. The summed E-state index contributed by atoms with van der Waals surface area (Å²) in [4.78, 5) is 36.5. The molecule has 1 aromatic carbocycles. The van der Waals surface area contributed by atoms with E-state index in [0.717, 1.165) is 6.42 Å². The number of hydrogen-bond donors (Lipinski definition) is 3. The Morgan fingerprint density at radius 1 is 1.37 bits per heavy atom. The first-order valence-corrected chi connectivity index (χ1v) is 10.9. The summed E-state index contributed by atoms with van der Waals surface area (Å²) < 4.78 is 14.7. The Balaban J connectivity index is 1.75. The lowest BCUT2D eigenvalue weighted by molar-refractivity contribution is -0.128. The SMILES string of the molecule is Cc1c(Cl)ccc(F)c1[C@@H](CCC1CCC1)NC(=O)[C@H](C)C[C@@]1(C)NC(=O)NC1=O. The van der Waals surface area contributed by atoms with Crippen LogP contribution in [0.4, 0.5) is 9.18 Å². The molecule has 1 saturated carbocycles. The van der Waals surface area contributed by atoms with Gasteiger partial charge in [0.05, 0.1) is 6.04 Å². The van der Waals surface area contributed by atoms with Crippen molar-refractivity contribution in [1.82, 2.24) is 16.0 Å². The van der Waals surface area contributed by atoms with Gasteiger partial charge in [-0.2, -0.15) is 0 Å². The number of halogens is 2. The van der Waals surface area contributed by atoms with E-state index >= 15 is 0 Å². The molecule has 0 spiro atoms. The summed E-state index contributed by atoms with van der Waals surface area (Å²) in [5.41, 5.74) is -0.106. The number of urea groups is 1. The fourth-order valence-corrected chi connectivity index (χ4v) is 4.48. The van der Waals surface area contributed by atoms with Crippen molar-refractivity contribution in [2.45, 2.75) is 70.9 Å². The molecular formula is C22H29ClFN3O3. The van der Waals surface area contributed by atoms with E-state index in [1.807, 2.05) is 0 Å². The van der Waals surface area contributed by atoms with Crippen LogP contribution >= 0.6 is 11.6 Å². The Labute approximate surface area is 181 Å². The molecule has 0 radical (unpaired) electrons. The second-order valence-corrected chi connectivity index (χ2v) is 9.26. The van der Waals surface area contributed by atoms with Gasteiger partial charge in [-0.1, -0.05) is 37.8 Å².